The molecule has 1 aromatic heterocycles. The minimum Gasteiger partial charge on any atom is -0.381 e. The average Bonchev–Trinajstić information content (AvgIpc) is 3.29. The molecule has 10 heteroatoms. The van der Waals surface area contributed by atoms with Crippen LogP contribution in [-0.4, -0.2) is 32.5 Å². The maximum absolute atomic E-state index is 13.8. The number of nitrogens with zero attached hydrogens (tertiary/aromatic N) is 3. The van der Waals surface area contributed by atoms with Gasteiger partial charge in [0.15, 0.2) is 5.82 Å². The van der Waals surface area contributed by atoms with Gasteiger partial charge in [0, 0.05) is 23.2 Å². The number of aromatic nitrogens is 2. The lowest BCUT2D eigenvalue weighted by Gasteiger charge is -2.45. The molecule has 3 aromatic rings. The molecule has 3 N–H and O–H groups in total. The van der Waals surface area contributed by atoms with Crippen LogP contribution in [0.5, 0.6) is 0 Å². The van der Waals surface area contributed by atoms with Gasteiger partial charge in [0.05, 0.1) is 25.8 Å². The van der Waals surface area contributed by atoms with E-state index in [2.05, 4.69) is 9.88 Å². The summed E-state index contributed by atoms with van der Waals surface area (Å²) in [4.78, 5) is 12.7. The van der Waals surface area contributed by atoms with Gasteiger partial charge in [-0.2, -0.15) is 0 Å². The predicted octanol–water partition coefficient (Wildman–Crippen LogP) is 5.95. The molecule has 2 aliphatic heterocycles. The molecule has 1 aliphatic carbocycles. The van der Waals surface area contributed by atoms with Gasteiger partial charge in [-0.15, -0.1) is 0 Å². The van der Waals surface area contributed by atoms with Crippen molar-refractivity contribution in [3.63, 3.8) is 0 Å². The van der Waals surface area contributed by atoms with E-state index in [0.29, 0.717) is 32.7 Å². The zero-order valence-electron chi connectivity index (χ0n) is 19.8. The molecule has 1 unspecified atom stereocenters. The Balaban J connectivity index is 1.22. The number of hydrogen-bond donors (Lipinski definition) is 2. The lowest BCUT2D eigenvalue weighted by molar-refractivity contribution is 0.193. The second kappa shape index (κ2) is 8.60. The van der Waals surface area contributed by atoms with E-state index in [9.17, 15) is 8.60 Å². The Morgan fingerprint density at radius 1 is 1.19 bits per heavy atom. The second-order valence-electron chi connectivity index (χ2n) is 10.4. The molecule has 2 aromatic carbocycles. The summed E-state index contributed by atoms with van der Waals surface area (Å²) in [6, 6.07) is 11.1. The molecule has 2 bridgehead atoms. The highest BCUT2D eigenvalue weighted by Crippen LogP contribution is 2.53. The van der Waals surface area contributed by atoms with Gasteiger partial charge in [0.2, 0.25) is 0 Å². The summed E-state index contributed by atoms with van der Waals surface area (Å²) < 4.78 is 33.9. The fraction of sp³-hybridized carbons (Fsp3) is 0.385. The summed E-state index contributed by atoms with van der Waals surface area (Å²) in [5.74, 6) is 0.972. The number of nitrogen functional groups attached to an aromatic ring is 1. The third-order valence-electron chi connectivity index (χ3n) is 7.83. The van der Waals surface area contributed by atoms with E-state index in [1.165, 1.54) is 29.1 Å². The van der Waals surface area contributed by atoms with Crippen LogP contribution in [0.1, 0.15) is 36.8 Å². The molecule has 36 heavy (non-hydrogen) atoms. The Kier molecular flexibility index (Phi) is 5.73. The van der Waals surface area contributed by atoms with E-state index in [1.54, 1.807) is 36.5 Å². The van der Waals surface area contributed by atoms with Crippen molar-refractivity contribution in [2.45, 2.75) is 65.4 Å². The maximum atomic E-state index is 13.8. The van der Waals surface area contributed by atoms with Crippen LogP contribution in [0, 0.1) is 16.0 Å². The standard InChI is InChI=1S/C26H27ClFN5OS2/c1-36(30,34)21-4-2-3-20(23(21)27)35-25-24(29)32-22(14-31-25)33-18-7-8-19(33)13-26(12-18)10-15-5-6-17(28)9-16(15)11-26/h2-6,9,14,18-19,30H,7-8,10-13H2,1H3,(H2,29,32)/t18-,19+,26-,36?. The highest BCUT2D eigenvalue weighted by atomic mass is 35.5. The lowest BCUT2D eigenvalue weighted by atomic mass is 9.72. The summed E-state index contributed by atoms with van der Waals surface area (Å²) >= 11 is 7.72. The summed E-state index contributed by atoms with van der Waals surface area (Å²) in [6.45, 7) is 0. The second-order valence-corrected chi connectivity index (χ2v) is 13.9. The summed E-state index contributed by atoms with van der Waals surface area (Å²) in [5, 5.41) is 0.812. The molecular weight excluding hydrogens is 517 g/mol. The van der Waals surface area contributed by atoms with Gasteiger partial charge < -0.3 is 10.6 Å². The molecule has 3 aliphatic rings. The maximum Gasteiger partial charge on any atom is 0.158 e. The van der Waals surface area contributed by atoms with Crippen molar-refractivity contribution >= 4 is 44.7 Å². The number of nitrogens with two attached hydrogens (primary N) is 1. The van der Waals surface area contributed by atoms with Crippen molar-refractivity contribution < 1.29 is 8.60 Å². The van der Waals surface area contributed by atoms with Crippen LogP contribution < -0.4 is 10.6 Å². The smallest absolute Gasteiger partial charge is 0.158 e. The first kappa shape index (κ1) is 24.0. The van der Waals surface area contributed by atoms with Crippen molar-refractivity contribution in [1.29, 1.82) is 4.78 Å². The van der Waals surface area contributed by atoms with E-state index in [1.807, 2.05) is 6.07 Å². The Morgan fingerprint density at radius 3 is 2.61 bits per heavy atom. The molecule has 1 spiro atoms. The predicted molar refractivity (Wildman–Crippen MR) is 142 cm³/mol. The Morgan fingerprint density at radius 2 is 1.92 bits per heavy atom. The number of piperidine rings is 1. The third-order valence-corrected chi connectivity index (χ3v) is 10.7. The van der Waals surface area contributed by atoms with Crippen LogP contribution in [0.2, 0.25) is 5.02 Å². The molecule has 3 heterocycles. The third kappa shape index (κ3) is 4.15. The highest BCUT2D eigenvalue weighted by Gasteiger charge is 2.51. The fourth-order valence-electron chi connectivity index (χ4n) is 6.47. The number of halogens is 2. The van der Waals surface area contributed by atoms with Crippen molar-refractivity contribution in [3.8, 4) is 0 Å². The van der Waals surface area contributed by atoms with E-state index >= 15 is 0 Å². The molecule has 0 saturated carbocycles. The van der Waals surface area contributed by atoms with Crippen LogP contribution in [0.15, 0.2) is 57.4 Å². The van der Waals surface area contributed by atoms with Crippen molar-refractivity contribution in [3.05, 3.63) is 64.6 Å². The zero-order chi connectivity index (χ0) is 25.2. The molecule has 6 rings (SSSR count). The van der Waals surface area contributed by atoms with Gasteiger partial charge in [-0.1, -0.05) is 35.5 Å². The molecule has 188 valence electrons. The first-order chi connectivity index (χ1) is 17.1. The number of nitrogens with one attached hydrogen (secondary N) is 1. The largest absolute Gasteiger partial charge is 0.381 e. The van der Waals surface area contributed by atoms with E-state index in [4.69, 9.17) is 27.1 Å². The SMILES string of the molecule is CS(=N)(=O)c1cccc(Sc2ncc(N3[C@@H]4CC[C@H]3C[C@@]3(Cc5ccc(F)cc5C3)C4)nc2N)c1Cl. The molecule has 6 nitrogen and oxygen atoms in total. The van der Waals surface area contributed by atoms with Gasteiger partial charge >= 0.3 is 0 Å². The first-order valence-corrected chi connectivity index (χ1v) is 15.2. The summed E-state index contributed by atoms with van der Waals surface area (Å²) in [7, 11) is -2.95. The van der Waals surface area contributed by atoms with Gasteiger partial charge in [-0.3, -0.25) is 0 Å². The normalized spacial score (nSPS) is 26.2. The van der Waals surface area contributed by atoms with Gasteiger partial charge in [0.25, 0.3) is 0 Å². The first-order valence-electron chi connectivity index (χ1n) is 12.0. The minimum absolute atomic E-state index is 0.147. The van der Waals surface area contributed by atoms with E-state index in [-0.39, 0.29) is 16.3 Å². The quantitative estimate of drug-likeness (QED) is 0.422. The molecule has 0 amide bonds. The van der Waals surface area contributed by atoms with Gasteiger partial charge in [0.1, 0.15) is 16.7 Å². The van der Waals surface area contributed by atoms with Crippen LogP contribution in [0.4, 0.5) is 16.0 Å². The number of fused-ring (bicyclic) bond motifs is 3. The number of rotatable bonds is 4. The van der Waals surface area contributed by atoms with Crippen LogP contribution >= 0.6 is 23.4 Å². The van der Waals surface area contributed by atoms with Crippen molar-refractivity contribution in [2.24, 2.45) is 5.41 Å². The van der Waals surface area contributed by atoms with Crippen LogP contribution in [-0.2, 0) is 22.6 Å². The minimum atomic E-state index is -2.95. The lowest BCUT2D eigenvalue weighted by Crippen LogP contribution is -2.48. The summed E-state index contributed by atoms with van der Waals surface area (Å²) in [6.07, 6.45) is 9.45. The number of benzene rings is 2. The Bertz CT molecular complexity index is 1470. The molecule has 2 saturated heterocycles. The Hall–Kier alpha value is -2.36. The summed E-state index contributed by atoms with van der Waals surface area (Å²) in [5.41, 5.74) is 9.01. The van der Waals surface area contributed by atoms with E-state index < -0.39 is 9.73 Å². The number of anilines is 2. The van der Waals surface area contributed by atoms with E-state index in [0.717, 1.165) is 44.3 Å². The number of hydrogen-bond acceptors (Lipinski definition) is 7. The molecule has 2 fully saturated rings. The van der Waals surface area contributed by atoms with Crippen LogP contribution in [0.3, 0.4) is 0 Å². The molecule has 4 atom stereocenters. The van der Waals surface area contributed by atoms with Gasteiger partial charge in [-0.05, 0) is 79.3 Å². The van der Waals surface area contributed by atoms with Crippen molar-refractivity contribution in [1.82, 2.24) is 9.97 Å². The highest BCUT2D eigenvalue weighted by molar-refractivity contribution is 7.99. The monoisotopic (exact) mass is 543 g/mol. The average molecular weight is 544 g/mol. The molecular formula is C26H27ClFN5OS2. The fourth-order valence-corrected chi connectivity index (χ4v) is 8.82. The molecule has 0 radical (unpaired) electrons. The zero-order valence-corrected chi connectivity index (χ0v) is 22.2. The van der Waals surface area contributed by atoms with Gasteiger partial charge in [-0.25, -0.2) is 23.3 Å². The van der Waals surface area contributed by atoms with Crippen LogP contribution in [0.25, 0.3) is 0 Å². The Labute approximate surface area is 219 Å². The van der Waals surface area contributed by atoms with Crippen molar-refractivity contribution in [2.75, 3.05) is 16.9 Å². The topological polar surface area (TPSA) is 96.0 Å².